The number of aliphatic carboxylic acids is 1. The van der Waals surface area contributed by atoms with Crippen molar-refractivity contribution in [2.45, 2.75) is 6.17 Å². The van der Waals surface area contributed by atoms with E-state index in [0.29, 0.717) is 28.3 Å². The van der Waals surface area contributed by atoms with Crippen molar-refractivity contribution in [3.8, 4) is 5.75 Å². The number of anilines is 2. The van der Waals surface area contributed by atoms with Crippen molar-refractivity contribution in [1.29, 1.82) is 0 Å². The van der Waals surface area contributed by atoms with Crippen LogP contribution in [0.3, 0.4) is 0 Å². The number of carbonyl (C=O) groups excluding carboxylic acids is 1. The second-order valence-electron chi connectivity index (χ2n) is 6.80. The first-order valence-corrected chi connectivity index (χ1v) is 9.32. The summed E-state index contributed by atoms with van der Waals surface area (Å²) in [6, 6.07) is 19.5. The molecule has 0 saturated carbocycles. The smallest absolute Gasteiger partial charge is 0.341 e. The summed E-state index contributed by atoms with van der Waals surface area (Å²) in [5.74, 6) is -1.03. The summed E-state index contributed by atoms with van der Waals surface area (Å²) >= 11 is 0. The first-order valence-electron chi connectivity index (χ1n) is 9.32. The Morgan fingerprint density at radius 3 is 2.55 bits per heavy atom. The van der Waals surface area contributed by atoms with Gasteiger partial charge < -0.3 is 15.2 Å². The van der Waals surface area contributed by atoms with Crippen LogP contribution in [0.1, 0.15) is 22.1 Å². The number of nitro benzene ring substituents is 1. The van der Waals surface area contributed by atoms with Gasteiger partial charge in [-0.05, 0) is 36.4 Å². The maximum atomic E-state index is 13.4. The number of amides is 1. The van der Waals surface area contributed by atoms with Gasteiger partial charge in [0.1, 0.15) is 11.9 Å². The van der Waals surface area contributed by atoms with E-state index in [1.807, 2.05) is 0 Å². The Morgan fingerprint density at radius 2 is 1.84 bits per heavy atom. The van der Waals surface area contributed by atoms with Crippen molar-refractivity contribution in [3.63, 3.8) is 0 Å². The number of carboxylic acids is 1. The average Bonchev–Trinajstić information content (AvgIpc) is 2.78. The fourth-order valence-corrected chi connectivity index (χ4v) is 3.41. The van der Waals surface area contributed by atoms with Gasteiger partial charge in [0.15, 0.2) is 6.61 Å². The molecule has 9 nitrogen and oxygen atoms in total. The average molecular weight is 419 g/mol. The summed E-state index contributed by atoms with van der Waals surface area (Å²) in [4.78, 5) is 36.3. The summed E-state index contributed by atoms with van der Waals surface area (Å²) in [5.41, 5.74) is 2.08. The van der Waals surface area contributed by atoms with Crippen LogP contribution in [0.15, 0.2) is 72.8 Å². The molecule has 0 bridgehead atoms. The zero-order valence-electron chi connectivity index (χ0n) is 16.1. The fraction of sp³-hybridized carbons (Fsp3) is 0.0909. The lowest BCUT2D eigenvalue weighted by Crippen LogP contribution is -2.43. The van der Waals surface area contributed by atoms with Gasteiger partial charge in [-0.15, -0.1) is 0 Å². The third-order valence-corrected chi connectivity index (χ3v) is 4.80. The van der Waals surface area contributed by atoms with E-state index in [1.54, 1.807) is 60.7 Å². The Labute approximate surface area is 176 Å². The molecule has 156 valence electrons. The van der Waals surface area contributed by atoms with Crippen LogP contribution < -0.4 is 15.0 Å². The molecule has 1 aliphatic heterocycles. The quantitative estimate of drug-likeness (QED) is 0.460. The molecule has 1 atom stereocenters. The minimum Gasteiger partial charge on any atom is -0.482 e. The number of hydrogen-bond donors (Lipinski definition) is 2. The predicted octanol–water partition coefficient (Wildman–Crippen LogP) is 3.83. The molecule has 9 heteroatoms. The van der Waals surface area contributed by atoms with Crippen molar-refractivity contribution in [3.05, 3.63) is 94.0 Å². The molecule has 0 radical (unpaired) electrons. The Kier molecular flexibility index (Phi) is 5.23. The van der Waals surface area contributed by atoms with Gasteiger partial charge in [-0.2, -0.15) is 0 Å². The van der Waals surface area contributed by atoms with Crippen molar-refractivity contribution in [2.24, 2.45) is 0 Å². The zero-order chi connectivity index (χ0) is 22.0. The SMILES string of the molecule is O=C(O)COc1ccc(N2C(=O)c3ccccc3NC2c2cccc([N+](=O)[O-])c2)cc1. The zero-order valence-corrected chi connectivity index (χ0v) is 16.1. The molecule has 0 fully saturated rings. The highest BCUT2D eigenvalue weighted by molar-refractivity contribution is 6.12. The van der Waals surface area contributed by atoms with Crippen molar-refractivity contribution < 1.29 is 24.4 Å². The monoisotopic (exact) mass is 419 g/mol. The number of fused-ring (bicyclic) bond motifs is 1. The number of ether oxygens (including phenoxy) is 1. The Hall–Kier alpha value is -4.40. The maximum absolute atomic E-state index is 13.4. The molecule has 0 aromatic heterocycles. The van der Waals surface area contributed by atoms with E-state index < -0.39 is 23.7 Å². The molecular weight excluding hydrogens is 402 g/mol. The lowest BCUT2D eigenvalue weighted by molar-refractivity contribution is -0.384. The number of non-ortho nitro benzene ring substituents is 1. The van der Waals surface area contributed by atoms with E-state index in [2.05, 4.69) is 5.32 Å². The van der Waals surface area contributed by atoms with Gasteiger partial charge in [-0.1, -0.05) is 24.3 Å². The molecule has 1 heterocycles. The van der Waals surface area contributed by atoms with Crippen LogP contribution in [0.25, 0.3) is 0 Å². The van der Waals surface area contributed by atoms with Gasteiger partial charge in [0.2, 0.25) is 0 Å². The van der Waals surface area contributed by atoms with E-state index in [-0.39, 0.29) is 11.6 Å². The molecule has 0 spiro atoms. The minimum atomic E-state index is -1.10. The van der Waals surface area contributed by atoms with E-state index in [1.165, 1.54) is 17.0 Å². The number of carboxylic acid groups (broad SMARTS) is 1. The molecule has 3 aromatic carbocycles. The van der Waals surface area contributed by atoms with Gasteiger partial charge in [0.05, 0.1) is 10.5 Å². The summed E-state index contributed by atoms with van der Waals surface area (Å²) < 4.78 is 5.15. The molecular formula is C22H17N3O6. The minimum absolute atomic E-state index is 0.0806. The van der Waals surface area contributed by atoms with E-state index >= 15 is 0 Å². The molecule has 1 aliphatic rings. The Morgan fingerprint density at radius 1 is 1.10 bits per heavy atom. The number of para-hydroxylation sites is 1. The summed E-state index contributed by atoms with van der Waals surface area (Å²) in [6.45, 7) is -0.479. The number of hydrogen-bond acceptors (Lipinski definition) is 6. The fourth-order valence-electron chi connectivity index (χ4n) is 3.41. The molecule has 2 N–H and O–H groups in total. The number of carbonyl (C=O) groups is 2. The number of benzene rings is 3. The van der Waals surface area contributed by atoms with Gasteiger partial charge in [-0.3, -0.25) is 19.8 Å². The van der Waals surface area contributed by atoms with Gasteiger partial charge in [0, 0.05) is 29.1 Å². The van der Waals surface area contributed by atoms with E-state index in [0.717, 1.165) is 0 Å². The topological polar surface area (TPSA) is 122 Å². The maximum Gasteiger partial charge on any atom is 0.341 e. The highest BCUT2D eigenvalue weighted by Gasteiger charge is 2.34. The van der Waals surface area contributed by atoms with Crippen LogP contribution in [0.4, 0.5) is 17.1 Å². The molecule has 0 saturated heterocycles. The molecule has 1 amide bonds. The molecule has 0 aliphatic carbocycles. The third kappa shape index (κ3) is 4.01. The van der Waals surface area contributed by atoms with E-state index in [9.17, 15) is 19.7 Å². The van der Waals surface area contributed by atoms with Crippen molar-refractivity contribution in [2.75, 3.05) is 16.8 Å². The van der Waals surface area contributed by atoms with Crippen LogP contribution in [0, 0.1) is 10.1 Å². The second-order valence-corrected chi connectivity index (χ2v) is 6.80. The summed E-state index contributed by atoms with van der Waals surface area (Å²) in [6.07, 6.45) is -0.687. The van der Waals surface area contributed by atoms with Crippen molar-refractivity contribution in [1.82, 2.24) is 0 Å². The molecule has 1 unspecified atom stereocenters. The molecule has 3 aromatic rings. The first kappa shape index (κ1) is 19.9. The normalized spacial score (nSPS) is 15.0. The highest BCUT2D eigenvalue weighted by atomic mass is 16.6. The summed E-state index contributed by atoms with van der Waals surface area (Å²) in [5, 5.41) is 23.3. The van der Waals surface area contributed by atoms with Gasteiger partial charge in [0.25, 0.3) is 11.6 Å². The lowest BCUT2D eigenvalue weighted by atomic mass is 10.0. The standard InChI is InChI=1S/C22H17N3O6/c26-20(27)13-31-17-10-8-15(9-11-17)24-21(14-4-3-5-16(12-14)25(29)30)23-19-7-2-1-6-18(19)22(24)28/h1-12,21,23H,13H2,(H,26,27). The van der Waals surface area contributed by atoms with Crippen LogP contribution in [-0.4, -0.2) is 28.5 Å². The number of nitro groups is 1. The number of rotatable bonds is 6. The first-order chi connectivity index (χ1) is 14.9. The van der Waals surface area contributed by atoms with Crippen LogP contribution in [0.2, 0.25) is 0 Å². The number of nitrogens with one attached hydrogen (secondary N) is 1. The highest BCUT2D eigenvalue weighted by Crippen LogP contribution is 2.37. The lowest BCUT2D eigenvalue weighted by Gasteiger charge is -2.38. The molecule has 4 rings (SSSR count). The van der Waals surface area contributed by atoms with Gasteiger partial charge >= 0.3 is 5.97 Å². The van der Waals surface area contributed by atoms with Crippen LogP contribution in [0.5, 0.6) is 5.75 Å². The predicted molar refractivity (Wildman–Crippen MR) is 112 cm³/mol. The van der Waals surface area contributed by atoms with E-state index in [4.69, 9.17) is 9.84 Å². The third-order valence-electron chi connectivity index (χ3n) is 4.80. The summed E-state index contributed by atoms with van der Waals surface area (Å²) in [7, 11) is 0. The largest absolute Gasteiger partial charge is 0.482 e. The van der Waals surface area contributed by atoms with Crippen LogP contribution >= 0.6 is 0 Å². The number of nitrogens with zero attached hydrogens (tertiary/aromatic N) is 2. The van der Waals surface area contributed by atoms with Gasteiger partial charge in [-0.25, -0.2) is 4.79 Å². The molecule has 31 heavy (non-hydrogen) atoms. The Balaban J connectivity index is 1.75. The van der Waals surface area contributed by atoms with Crippen LogP contribution in [-0.2, 0) is 4.79 Å². The Bertz CT molecular complexity index is 1160. The van der Waals surface area contributed by atoms with Crippen molar-refractivity contribution >= 4 is 28.9 Å². The second kappa shape index (κ2) is 8.15.